The molecule has 7 heteroatoms. The van der Waals surface area contributed by atoms with Gasteiger partial charge in [-0.15, -0.1) is 0 Å². The zero-order chi connectivity index (χ0) is 48.7. The average molecular weight is 948 g/mol. The predicted octanol–water partition coefficient (Wildman–Crippen LogP) is 16.3. The van der Waals surface area contributed by atoms with Crippen LogP contribution in [0, 0.1) is 0 Å². The highest BCUT2D eigenvalue weighted by molar-refractivity contribution is 5.92. The van der Waals surface area contributed by atoms with Crippen molar-refractivity contribution in [1.82, 2.24) is 4.57 Å². The lowest BCUT2D eigenvalue weighted by Gasteiger charge is -2.24. The van der Waals surface area contributed by atoms with Crippen molar-refractivity contribution in [3.05, 3.63) is 220 Å². The van der Waals surface area contributed by atoms with Crippen molar-refractivity contribution < 1.29 is 23.7 Å². The van der Waals surface area contributed by atoms with Crippen molar-refractivity contribution in [1.29, 1.82) is 0 Å². The molecule has 0 aliphatic heterocycles. The summed E-state index contributed by atoms with van der Waals surface area (Å²) in [5, 5.41) is 0.446. The third kappa shape index (κ3) is 14.9. The highest BCUT2D eigenvalue weighted by Gasteiger charge is 2.25. The van der Waals surface area contributed by atoms with Gasteiger partial charge >= 0.3 is 0 Å². The van der Waals surface area contributed by atoms with Gasteiger partial charge in [0.25, 0.3) is 0 Å². The van der Waals surface area contributed by atoms with Gasteiger partial charge in [0, 0.05) is 24.2 Å². The molecule has 8 rings (SSSR count). The van der Waals surface area contributed by atoms with Crippen LogP contribution in [-0.2, 0) is 39.6 Å². The Morgan fingerprint density at radius 2 is 0.789 bits per heavy atom. The van der Waals surface area contributed by atoms with Crippen molar-refractivity contribution in [2.24, 2.45) is 0 Å². The summed E-state index contributed by atoms with van der Waals surface area (Å²) in [6.07, 6.45) is 14.8. The standard InChI is InChI=1S/C64H69NO6/c1-2-3-4-5-6-7-8-9-10-11-12-28-41-65-57-43-56(67-45-50-29-18-13-19-30-50)44-60(70-48-53-35-24-16-25-36-53)61(57)63(66)64(71-49-54-37-26-17-27-38-54)62(65)55-39-40-58(68-46-51-31-20-14-21-32-51)59(42-55)69-47-52-33-22-15-23-34-52/h13-27,29-40,42-44H,2-12,28,41,45-49H2,1H3. The summed E-state index contributed by atoms with van der Waals surface area (Å²) < 4.78 is 35.6. The molecule has 0 atom stereocenters. The molecule has 1 aromatic heterocycles. The lowest BCUT2D eigenvalue weighted by atomic mass is 10.0. The Morgan fingerprint density at radius 3 is 1.27 bits per heavy atom. The number of benzene rings is 7. The normalized spacial score (nSPS) is 11.1. The van der Waals surface area contributed by atoms with Gasteiger partial charge in [-0.25, -0.2) is 0 Å². The highest BCUT2D eigenvalue weighted by Crippen LogP contribution is 2.41. The number of pyridine rings is 1. The van der Waals surface area contributed by atoms with E-state index in [1.807, 2.05) is 158 Å². The molecule has 0 unspecified atom stereocenters. The lowest BCUT2D eigenvalue weighted by molar-refractivity contribution is 0.256. The third-order valence-electron chi connectivity index (χ3n) is 12.9. The first-order valence-electron chi connectivity index (χ1n) is 25.9. The van der Waals surface area contributed by atoms with Crippen molar-refractivity contribution >= 4 is 10.9 Å². The maximum absolute atomic E-state index is 15.6. The van der Waals surface area contributed by atoms with Crippen LogP contribution in [-0.4, -0.2) is 4.57 Å². The van der Waals surface area contributed by atoms with E-state index >= 15 is 4.79 Å². The van der Waals surface area contributed by atoms with Crippen molar-refractivity contribution in [3.63, 3.8) is 0 Å². The molecule has 0 bridgehead atoms. The van der Waals surface area contributed by atoms with E-state index in [0.717, 1.165) is 52.6 Å². The minimum atomic E-state index is -0.259. The van der Waals surface area contributed by atoms with E-state index in [-0.39, 0.29) is 24.4 Å². The molecule has 0 saturated carbocycles. The predicted molar refractivity (Wildman–Crippen MR) is 289 cm³/mol. The molecule has 0 amide bonds. The fourth-order valence-electron chi connectivity index (χ4n) is 9.01. The number of unbranched alkanes of at least 4 members (excludes halogenated alkanes) is 11. The molecule has 71 heavy (non-hydrogen) atoms. The Morgan fingerprint density at radius 1 is 0.380 bits per heavy atom. The quantitative estimate of drug-likeness (QED) is 0.0436. The third-order valence-corrected chi connectivity index (χ3v) is 12.9. The van der Waals surface area contributed by atoms with Crippen LogP contribution >= 0.6 is 0 Å². The van der Waals surface area contributed by atoms with Gasteiger partial charge < -0.3 is 28.3 Å². The summed E-state index contributed by atoms with van der Waals surface area (Å²) in [6.45, 7) is 4.41. The maximum Gasteiger partial charge on any atom is 0.235 e. The van der Waals surface area contributed by atoms with Crippen LogP contribution in [0.25, 0.3) is 22.2 Å². The van der Waals surface area contributed by atoms with Crippen molar-refractivity contribution in [2.45, 2.75) is 124 Å². The molecule has 0 N–H and O–H groups in total. The van der Waals surface area contributed by atoms with Crippen molar-refractivity contribution in [2.75, 3.05) is 0 Å². The monoisotopic (exact) mass is 948 g/mol. The number of aryl methyl sites for hydroxylation is 1. The molecule has 0 aliphatic carbocycles. The highest BCUT2D eigenvalue weighted by atomic mass is 16.5. The Labute approximate surface area is 421 Å². The van der Waals surface area contributed by atoms with E-state index in [1.54, 1.807) is 0 Å². The summed E-state index contributed by atoms with van der Waals surface area (Å²) in [7, 11) is 0. The lowest BCUT2D eigenvalue weighted by Crippen LogP contribution is -2.18. The van der Waals surface area contributed by atoms with E-state index in [9.17, 15) is 0 Å². The van der Waals surface area contributed by atoms with Crippen LogP contribution in [0.2, 0.25) is 0 Å². The van der Waals surface area contributed by atoms with E-state index in [2.05, 4.69) is 35.8 Å². The second kappa shape index (κ2) is 27.2. The van der Waals surface area contributed by atoms with Gasteiger partial charge in [-0.05, 0) is 52.4 Å². The van der Waals surface area contributed by atoms with E-state index in [1.165, 1.54) is 57.8 Å². The molecule has 0 fully saturated rings. The van der Waals surface area contributed by atoms with E-state index in [0.29, 0.717) is 66.0 Å². The van der Waals surface area contributed by atoms with Gasteiger partial charge in [-0.3, -0.25) is 4.79 Å². The molecule has 366 valence electrons. The van der Waals surface area contributed by atoms with Crippen LogP contribution in [0.3, 0.4) is 0 Å². The Balaban J connectivity index is 1.23. The van der Waals surface area contributed by atoms with E-state index in [4.69, 9.17) is 23.7 Å². The summed E-state index contributed by atoms with van der Waals surface area (Å²) in [5.74, 6) is 2.45. The molecule has 7 aromatic carbocycles. The van der Waals surface area contributed by atoms with Gasteiger partial charge in [0.1, 0.15) is 44.5 Å². The first-order valence-corrected chi connectivity index (χ1v) is 25.9. The van der Waals surface area contributed by atoms with Crippen LogP contribution in [0.4, 0.5) is 0 Å². The van der Waals surface area contributed by atoms with Crippen LogP contribution in [0.5, 0.6) is 28.7 Å². The number of rotatable bonds is 29. The Kier molecular flexibility index (Phi) is 19.2. The summed E-state index contributed by atoms with van der Waals surface area (Å²) in [6, 6.07) is 60.3. The molecule has 0 radical (unpaired) electrons. The topological polar surface area (TPSA) is 68.2 Å². The molecule has 7 nitrogen and oxygen atoms in total. The molecule has 0 saturated heterocycles. The molecule has 0 aliphatic rings. The molecule has 8 aromatic rings. The summed E-state index contributed by atoms with van der Waals surface area (Å²) >= 11 is 0. The molecule has 1 heterocycles. The number of fused-ring (bicyclic) bond motifs is 1. The number of hydrogen-bond acceptors (Lipinski definition) is 6. The minimum absolute atomic E-state index is 0.196. The minimum Gasteiger partial charge on any atom is -0.489 e. The summed E-state index contributed by atoms with van der Waals surface area (Å²) in [5.41, 5.74) is 6.93. The van der Waals surface area contributed by atoms with Gasteiger partial charge in [-0.1, -0.05) is 229 Å². The maximum atomic E-state index is 15.6. The zero-order valence-corrected chi connectivity index (χ0v) is 41.4. The van der Waals surface area contributed by atoms with Crippen molar-refractivity contribution in [3.8, 4) is 40.0 Å². The number of nitrogens with zero attached hydrogens (tertiary/aromatic N) is 1. The first kappa shape index (κ1) is 50.1. The fourth-order valence-corrected chi connectivity index (χ4v) is 9.01. The molecule has 0 spiro atoms. The van der Waals surface area contributed by atoms with Crippen LogP contribution in [0.15, 0.2) is 187 Å². The Hall–Kier alpha value is -7.25. The zero-order valence-electron chi connectivity index (χ0n) is 41.4. The fraction of sp³-hybridized carbons (Fsp3) is 0.297. The Bertz CT molecular complexity index is 2870. The largest absolute Gasteiger partial charge is 0.489 e. The average Bonchev–Trinajstić information content (AvgIpc) is 3.42. The van der Waals surface area contributed by atoms with Gasteiger partial charge in [0.05, 0.1) is 16.6 Å². The second-order valence-corrected chi connectivity index (χ2v) is 18.4. The summed E-state index contributed by atoms with van der Waals surface area (Å²) in [4.78, 5) is 15.6. The van der Waals surface area contributed by atoms with Crippen LogP contribution in [0.1, 0.15) is 112 Å². The number of ether oxygens (including phenoxy) is 5. The molecular weight excluding hydrogens is 879 g/mol. The van der Waals surface area contributed by atoms with Crippen LogP contribution < -0.4 is 29.1 Å². The number of hydrogen-bond donors (Lipinski definition) is 0. The van der Waals surface area contributed by atoms with Gasteiger partial charge in [-0.2, -0.15) is 0 Å². The van der Waals surface area contributed by atoms with Gasteiger partial charge in [0.2, 0.25) is 5.43 Å². The smallest absolute Gasteiger partial charge is 0.235 e. The SMILES string of the molecule is CCCCCCCCCCCCCCn1c(-c2ccc(OCc3ccccc3)c(OCc3ccccc3)c2)c(OCc2ccccc2)c(=O)c2c(OCc3ccccc3)cc(OCc3ccccc3)cc21. The second-order valence-electron chi connectivity index (χ2n) is 18.4. The van der Waals surface area contributed by atoms with E-state index < -0.39 is 0 Å². The first-order chi connectivity index (χ1) is 35.1. The van der Waals surface area contributed by atoms with Gasteiger partial charge in [0.15, 0.2) is 17.2 Å². The number of aromatic nitrogens is 1. The molecular formula is C64H69NO6.